The molecule has 0 saturated carbocycles. The van der Waals surface area contributed by atoms with Gasteiger partial charge >= 0.3 is 0 Å². The number of halogens is 1. The minimum atomic E-state index is -3.61. The van der Waals surface area contributed by atoms with E-state index in [1.165, 1.54) is 0 Å². The Labute approximate surface area is 147 Å². The van der Waals surface area contributed by atoms with Gasteiger partial charge in [0, 0.05) is 10.7 Å². The van der Waals surface area contributed by atoms with E-state index in [1.807, 2.05) is 26.0 Å². The van der Waals surface area contributed by atoms with Crippen LogP contribution in [0.15, 0.2) is 42.5 Å². The normalized spacial score (nSPS) is 11.2. The van der Waals surface area contributed by atoms with Crippen LogP contribution in [0.4, 0.5) is 11.4 Å². The molecule has 7 heteroatoms. The first-order valence-electron chi connectivity index (χ1n) is 7.27. The maximum Gasteiger partial charge on any atom is 0.245 e. The molecule has 24 heavy (non-hydrogen) atoms. The number of nitrogens with one attached hydrogen (secondary N) is 1. The van der Waals surface area contributed by atoms with Gasteiger partial charge in [-0.3, -0.25) is 9.10 Å². The van der Waals surface area contributed by atoms with E-state index in [1.54, 1.807) is 30.3 Å². The molecule has 2 aromatic rings. The van der Waals surface area contributed by atoms with Crippen molar-refractivity contribution >= 4 is 38.9 Å². The average Bonchev–Trinajstić information content (AvgIpc) is 2.48. The third-order valence-electron chi connectivity index (χ3n) is 3.46. The average molecular weight is 367 g/mol. The summed E-state index contributed by atoms with van der Waals surface area (Å²) in [6, 6.07) is 11.9. The number of anilines is 2. The summed E-state index contributed by atoms with van der Waals surface area (Å²) in [4.78, 5) is 12.3. The second kappa shape index (κ2) is 7.23. The van der Waals surface area contributed by atoms with Crippen LogP contribution in [0, 0.1) is 13.8 Å². The van der Waals surface area contributed by atoms with E-state index in [4.69, 9.17) is 11.6 Å². The fourth-order valence-electron chi connectivity index (χ4n) is 2.28. The molecular formula is C17H19ClN2O3S. The molecule has 0 unspecified atom stereocenters. The maximum absolute atomic E-state index is 12.3. The summed E-state index contributed by atoms with van der Waals surface area (Å²) < 4.78 is 25.1. The predicted molar refractivity (Wildman–Crippen MR) is 98.2 cm³/mol. The van der Waals surface area contributed by atoms with Gasteiger partial charge in [-0.2, -0.15) is 0 Å². The number of sulfonamides is 1. The van der Waals surface area contributed by atoms with Crippen LogP contribution in [0.25, 0.3) is 0 Å². The lowest BCUT2D eigenvalue weighted by molar-refractivity contribution is -0.114. The Hall–Kier alpha value is -2.05. The van der Waals surface area contributed by atoms with Crippen molar-refractivity contribution in [3.05, 3.63) is 58.6 Å². The third-order valence-corrected chi connectivity index (χ3v) is 4.85. The first-order valence-corrected chi connectivity index (χ1v) is 9.50. The number of nitrogens with zero attached hydrogens (tertiary/aromatic N) is 1. The smallest absolute Gasteiger partial charge is 0.245 e. The lowest BCUT2D eigenvalue weighted by Crippen LogP contribution is -2.37. The highest BCUT2D eigenvalue weighted by Crippen LogP contribution is 2.21. The quantitative estimate of drug-likeness (QED) is 0.882. The van der Waals surface area contributed by atoms with Crippen molar-refractivity contribution in [1.29, 1.82) is 0 Å². The molecule has 2 aromatic carbocycles. The van der Waals surface area contributed by atoms with Crippen LogP contribution < -0.4 is 9.62 Å². The molecule has 2 rings (SSSR count). The van der Waals surface area contributed by atoms with Crippen LogP contribution in [0.2, 0.25) is 5.02 Å². The Balaban J connectivity index is 2.20. The molecule has 0 atom stereocenters. The van der Waals surface area contributed by atoms with E-state index in [2.05, 4.69) is 5.32 Å². The molecule has 0 radical (unpaired) electrons. The summed E-state index contributed by atoms with van der Waals surface area (Å²) in [6.45, 7) is 3.54. The van der Waals surface area contributed by atoms with Crippen molar-refractivity contribution in [2.24, 2.45) is 0 Å². The van der Waals surface area contributed by atoms with Crippen LogP contribution in [-0.2, 0) is 14.8 Å². The Bertz CT molecular complexity index is 849. The zero-order valence-electron chi connectivity index (χ0n) is 13.7. The summed E-state index contributed by atoms with van der Waals surface area (Å²) >= 11 is 5.83. The number of aryl methyl sites for hydroxylation is 2. The van der Waals surface area contributed by atoms with Gasteiger partial charge < -0.3 is 5.32 Å². The first-order chi connectivity index (χ1) is 11.2. The second-order valence-corrected chi connectivity index (χ2v) is 7.96. The Morgan fingerprint density at radius 1 is 1.12 bits per heavy atom. The fourth-order valence-corrected chi connectivity index (χ4v) is 3.26. The highest BCUT2D eigenvalue weighted by atomic mass is 35.5. The van der Waals surface area contributed by atoms with Crippen molar-refractivity contribution < 1.29 is 13.2 Å². The minimum absolute atomic E-state index is 0.312. The number of rotatable bonds is 5. The van der Waals surface area contributed by atoms with E-state index in [-0.39, 0.29) is 6.54 Å². The molecule has 5 nitrogen and oxygen atoms in total. The van der Waals surface area contributed by atoms with Crippen LogP contribution in [0.5, 0.6) is 0 Å². The summed E-state index contributed by atoms with van der Waals surface area (Å²) in [7, 11) is -3.61. The molecule has 0 aliphatic rings. The molecule has 0 fully saturated rings. The highest BCUT2D eigenvalue weighted by Gasteiger charge is 2.21. The molecular weight excluding hydrogens is 348 g/mol. The SMILES string of the molecule is Cc1ccc(NC(=O)CN(c2ccc(Cl)cc2)S(C)(=O)=O)c(C)c1. The topological polar surface area (TPSA) is 66.5 Å². The molecule has 1 N–H and O–H groups in total. The zero-order valence-corrected chi connectivity index (χ0v) is 15.3. The summed E-state index contributed by atoms with van der Waals surface area (Å²) in [5, 5.41) is 3.24. The van der Waals surface area contributed by atoms with E-state index >= 15 is 0 Å². The van der Waals surface area contributed by atoms with Gasteiger partial charge in [0.1, 0.15) is 6.54 Å². The number of benzene rings is 2. The Morgan fingerprint density at radius 3 is 2.29 bits per heavy atom. The zero-order chi connectivity index (χ0) is 17.9. The highest BCUT2D eigenvalue weighted by molar-refractivity contribution is 7.92. The van der Waals surface area contributed by atoms with Gasteiger partial charge in [0.05, 0.1) is 11.9 Å². The number of carbonyl (C=O) groups excluding carboxylic acids is 1. The van der Waals surface area contributed by atoms with Gasteiger partial charge in [-0.05, 0) is 49.7 Å². The Morgan fingerprint density at radius 2 is 1.75 bits per heavy atom. The van der Waals surface area contributed by atoms with E-state index in [0.717, 1.165) is 21.7 Å². The standard InChI is InChI=1S/C17H19ClN2O3S/c1-12-4-9-16(13(2)10-12)19-17(21)11-20(24(3,22)23)15-7-5-14(18)6-8-15/h4-10H,11H2,1-3H3,(H,19,21). The van der Waals surface area contributed by atoms with Crippen molar-refractivity contribution in [1.82, 2.24) is 0 Å². The minimum Gasteiger partial charge on any atom is -0.324 e. The van der Waals surface area contributed by atoms with Crippen molar-refractivity contribution in [2.45, 2.75) is 13.8 Å². The van der Waals surface area contributed by atoms with E-state index in [9.17, 15) is 13.2 Å². The monoisotopic (exact) mass is 366 g/mol. The lowest BCUT2D eigenvalue weighted by atomic mass is 10.1. The molecule has 0 aliphatic carbocycles. The second-order valence-electron chi connectivity index (χ2n) is 5.61. The molecule has 0 heterocycles. The van der Waals surface area contributed by atoms with Crippen LogP contribution in [0.3, 0.4) is 0 Å². The predicted octanol–water partition coefficient (Wildman–Crippen LogP) is 3.36. The fraction of sp³-hybridized carbons (Fsp3) is 0.235. The molecule has 1 amide bonds. The van der Waals surface area contributed by atoms with Crippen molar-refractivity contribution in [3.63, 3.8) is 0 Å². The van der Waals surface area contributed by atoms with E-state index < -0.39 is 15.9 Å². The third kappa shape index (κ3) is 4.72. The Kier molecular flexibility index (Phi) is 5.51. The van der Waals surface area contributed by atoms with Crippen molar-refractivity contribution in [3.8, 4) is 0 Å². The maximum atomic E-state index is 12.3. The van der Waals surface area contributed by atoms with Crippen LogP contribution in [-0.4, -0.2) is 27.1 Å². The number of amides is 1. The van der Waals surface area contributed by atoms with Gasteiger partial charge in [-0.25, -0.2) is 8.42 Å². The number of carbonyl (C=O) groups is 1. The molecule has 0 saturated heterocycles. The number of hydrogen-bond acceptors (Lipinski definition) is 3. The molecule has 128 valence electrons. The summed E-state index contributed by atoms with van der Waals surface area (Å²) in [5.41, 5.74) is 3.05. The lowest BCUT2D eigenvalue weighted by Gasteiger charge is -2.22. The van der Waals surface area contributed by atoms with E-state index in [0.29, 0.717) is 16.4 Å². The van der Waals surface area contributed by atoms with Gasteiger partial charge in [0.15, 0.2) is 0 Å². The van der Waals surface area contributed by atoms with Gasteiger partial charge in [-0.1, -0.05) is 29.3 Å². The summed E-state index contributed by atoms with van der Waals surface area (Å²) in [5.74, 6) is -0.415. The largest absolute Gasteiger partial charge is 0.324 e. The van der Waals surface area contributed by atoms with Gasteiger partial charge in [0.25, 0.3) is 0 Å². The van der Waals surface area contributed by atoms with Crippen LogP contribution in [0.1, 0.15) is 11.1 Å². The molecule has 0 aliphatic heterocycles. The molecule has 0 spiro atoms. The van der Waals surface area contributed by atoms with Gasteiger partial charge in [0.2, 0.25) is 15.9 Å². The van der Waals surface area contributed by atoms with Crippen LogP contribution >= 0.6 is 11.6 Å². The summed E-state index contributed by atoms with van der Waals surface area (Å²) in [6.07, 6.45) is 1.06. The van der Waals surface area contributed by atoms with Gasteiger partial charge in [-0.15, -0.1) is 0 Å². The van der Waals surface area contributed by atoms with Crippen molar-refractivity contribution in [2.75, 3.05) is 22.4 Å². The molecule has 0 bridgehead atoms. The first kappa shape index (κ1) is 18.3. The molecule has 0 aromatic heterocycles. The number of hydrogen-bond donors (Lipinski definition) is 1.